The Bertz CT molecular complexity index is 1120. The summed E-state index contributed by atoms with van der Waals surface area (Å²) in [4.78, 5) is 13.4. The Balaban J connectivity index is 1.27. The molecule has 5 atom stereocenters. The van der Waals surface area contributed by atoms with E-state index in [0.29, 0.717) is 47.5 Å². The molecule has 2 bridgehead atoms. The number of pyridine rings is 1. The van der Waals surface area contributed by atoms with E-state index >= 15 is 0 Å². The maximum absolute atomic E-state index is 13.4. The molecule has 3 unspecified atom stereocenters. The van der Waals surface area contributed by atoms with Gasteiger partial charge in [0.25, 0.3) is 0 Å². The molecule has 0 radical (unpaired) electrons. The summed E-state index contributed by atoms with van der Waals surface area (Å²) in [5, 5.41) is 0. The normalized spacial score (nSPS) is 32.3. The van der Waals surface area contributed by atoms with Crippen LogP contribution in [0.3, 0.4) is 0 Å². The van der Waals surface area contributed by atoms with E-state index < -0.39 is 17.6 Å². The molecule has 6 nitrogen and oxygen atoms in total. The SMILES string of the molecule is CC(C)Cc1nc(-c2cnc(N)c(C(F)(F)F)c2)cn1C12C3C(N4CCN(CCF)CC4)C[C@@H]1[C@H]32. The molecule has 0 amide bonds. The molecule has 0 aromatic carbocycles. The van der Waals surface area contributed by atoms with Gasteiger partial charge in [-0.3, -0.25) is 9.80 Å². The number of anilines is 1. The number of hydrogen-bond acceptors (Lipinski definition) is 5. The topological polar surface area (TPSA) is 63.2 Å². The first-order chi connectivity index (χ1) is 16.7. The highest BCUT2D eigenvalue weighted by Gasteiger charge is 2.93. The van der Waals surface area contributed by atoms with E-state index in [0.717, 1.165) is 50.9 Å². The van der Waals surface area contributed by atoms with E-state index in [1.54, 1.807) is 0 Å². The molecule has 5 fully saturated rings. The third kappa shape index (κ3) is 3.50. The van der Waals surface area contributed by atoms with Crippen LogP contribution in [-0.2, 0) is 18.1 Å². The van der Waals surface area contributed by atoms with Crippen LogP contribution in [0.4, 0.5) is 23.4 Å². The average Bonchev–Trinajstić information content (AvgIpc) is 3.36. The largest absolute Gasteiger partial charge is 0.419 e. The molecule has 1 saturated heterocycles. The predicted octanol–water partition coefficient (Wildman–Crippen LogP) is 3.68. The summed E-state index contributed by atoms with van der Waals surface area (Å²) in [5.74, 6) is 2.64. The van der Waals surface area contributed by atoms with Crippen molar-refractivity contribution in [2.45, 2.75) is 44.4 Å². The second-order valence-electron chi connectivity index (χ2n) is 11.1. The molecule has 5 aliphatic rings. The zero-order valence-corrected chi connectivity index (χ0v) is 20.1. The maximum atomic E-state index is 13.4. The molecule has 2 aromatic heterocycles. The molecule has 4 saturated carbocycles. The number of rotatable bonds is 7. The Morgan fingerprint density at radius 1 is 1.17 bits per heavy atom. The summed E-state index contributed by atoms with van der Waals surface area (Å²) < 4.78 is 55.3. The van der Waals surface area contributed by atoms with Gasteiger partial charge in [-0.2, -0.15) is 13.2 Å². The lowest BCUT2D eigenvalue weighted by molar-refractivity contribution is -0.137. The van der Waals surface area contributed by atoms with E-state index in [1.807, 2.05) is 6.20 Å². The number of piperazine rings is 1. The van der Waals surface area contributed by atoms with Gasteiger partial charge in [-0.25, -0.2) is 14.4 Å². The fourth-order valence-corrected chi connectivity index (χ4v) is 7.17. The van der Waals surface area contributed by atoms with E-state index in [-0.39, 0.29) is 12.2 Å². The van der Waals surface area contributed by atoms with Crippen LogP contribution in [0.1, 0.15) is 31.7 Å². The molecule has 0 spiro atoms. The van der Waals surface area contributed by atoms with Gasteiger partial charge in [-0.05, 0) is 30.2 Å². The van der Waals surface area contributed by atoms with Crippen molar-refractivity contribution in [2.24, 2.45) is 23.7 Å². The zero-order chi connectivity index (χ0) is 24.7. The number of nitrogens with two attached hydrogens (primary N) is 1. The Labute approximate surface area is 202 Å². The molecule has 10 heteroatoms. The highest BCUT2D eigenvalue weighted by Crippen LogP contribution is 2.89. The standard InChI is InChI=1S/C25H32F4N6/c1-14(2)9-20-32-18(15-10-17(25(27,28)29)23(30)31-12-15)13-35(20)24-16-11-19(22(24)21(16)24)34-7-5-33(4-3-26)6-8-34/h10,12-14,16,19,21-22H,3-9,11H2,1-2H3,(H2,30,31)/t16-,19?,21-,22?,24?/m1/s1. The van der Waals surface area contributed by atoms with Crippen molar-refractivity contribution >= 4 is 5.82 Å². The fourth-order valence-electron chi connectivity index (χ4n) is 7.17. The number of aromatic nitrogens is 3. The molecule has 35 heavy (non-hydrogen) atoms. The minimum atomic E-state index is -4.56. The number of halogens is 4. The highest BCUT2D eigenvalue weighted by atomic mass is 19.4. The van der Waals surface area contributed by atoms with Crippen molar-refractivity contribution in [3.05, 3.63) is 29.8 Å². The minimum absolute atomic E-state index is 0.0737. The lowest BCUT2D eigenvalue weighted by Crippen LogP contribution is -2.50. The van der Waals surface area contributed by atoms with Crippen molar-refractivity contribution in [3.8, 4) is 11.3 Å². The second-order valence-corrected chi connectivity index (χ2v) is 11.1. The van der Waals surface area contributed by atoms with Crippen LogP contribution < -0.4 is 5.73 Å². The Kier molecular flexibility index (Phi) is 5.24. The van der Waals surface area contributed by atoms with Gasteiger partial charge in [0.2, 0.25) is 0 Å². The van der Waals surface area contributed by atoms with E-state index in [2.05, 4.69) is 33.2 Å². The van der Waals surface area contributed by atoms with Crippen LogP contribution in [0.25, 0.3) is 11.3 Å². The predicted molar refractivity (Wildman–Crippen MR) is 124 cm³/mol. The Hall–Kier alpha value is -2.20. The van der Waals surface area contributed by atoms with Gasteiger partial charge in [-0.15, -0.1) is 0 Å². The Morgan fingerprint density at radius 3 is 2.54 bits per heavy atom. The smallest absolute Gasteiger partial charge is 0.383 e. The quantitative estimate of drug-likeness (QED) is 0.598. The van der Waals surface area contributed by atoms with Crippen molar-refractivity contribution in [3.63, 3.8) is 0 Å². The molecule has 3 heterocycles. The summed E-state index contributed by atoms with van der Waals surface area (Å²) in [6.07, 6.45) is 0.719. The number of nitrogen functional groups attached to an aromatic ring is 1. The van der Waals surface area contributed by atoms with E-state index in [4.69, 9.17) is 10.7 Å². The number of hydrogen-bond donors (Lipinski definition) is 1. The second kappa shape index (κ2) is 7.90. The maximum Gasteiger partial charge on any atom is 0.419 e. The summed E-state index contributed by atoms with van der Waals surface area (Å²) in [6.45, 7) is 8.26. The zero-order valence-electron chi connectivity index (χ0n) is 20.1. The van der Waals surface area contributed by atoms with Crippen LogP contribution in [0.5, 0.6) is 0 Å². The summed E-state index contributed by atoms with van der Waals surface area (Å²) >= 11 is 0. The van der Waals surface area contributed by atoms with E-state index in [1.165, 1.54) is 6.20 Å². The first-order valence-electron chi connectivity index (χ1n) is 12.6. The molecule has 7 rings (SSSR count). The van der Waals surface area contributed by atoms with Gasteiger partial charge >= 0.3 is 6.18 Å². The monoisotopic (exact) mass is 492 g/mol. The molecular weight excluding hydrogens is 460 g/mol. The lowest BCUT2D eigenvalue weighted by atomic mass is 10.1. The lowest BCUT2D eigenvalue weighted by Gasteiger charge is -2.38. The van der Waals surface area contributed by atoms with Crippen LogP contribution in [0, 0.1) is 23.7 Å². The highest BCUT2D eigenvalue weighted by molar-refractivity contribution is 5.63. The van der Waals surface area contributed by atoms with Crippen molar-refractivity contribution < 1.29 is 17.6 Å². The molecule has 190 valence electrons. The van der Waals surface area contributed by atoms with Crippen LogP contribution in [-0.4, -0.2) is 69.8 Å². The average molecular weight is 493 g/mol. The summed E-state index contributed by atoms with van der Waals surface area (Å²) in [6, 6.07) is 1.60. The third-order valence-electron chi connectivity index (χ3n) is 8.76. The van der Waals surface area contributed by atoms with Crippen LogP contribution >= 0.6 is 0 Å². The molecule has 1 aliphatic heterocycles. The molecule has 2 N–H and O–H groups in total. The van der Waals surface area contributed by atoms with Gasteiger partial charge in [0.15, 0.2) is 0 Å². The number of fused-ring (bicyclic) bond motifs is 1. The van der Waals surface area contributed by atoms with Gasteiger partial charge < -0.3 is 10.3 Å². The van der Waals surface area contributed by atoms with Crippen molar-refractivity contribution in [2.75, 3.05) is 45.1 Å². The first kappa shape index (κ1) is 23.2. The fraction of sp³-hybridized carbons (Fsp3) is 0.680. The van der Waals surface area contributed by atoms with Gasteiger partial charge in [-0.1, -0.05) is 13.8 Å². The van der Waals surface area contributed by atoms with Gasteiger partial charge in [0.1, 0.15) is 18.3 Å². The first-order valence-corrected chi connectivity index (χ1v) is 12.6. The van der Waals surface area contributed by atoms with Gasteiger partial charge in [0, 0.05) is 69.1 Å². The summed E-state index contributed by atoms with van der Waals surface area (Å²) in [5.41, 5.74) is 5.54. The number of nitrogens with zero attached hydrogens (tertiary/aromatic N) is 5. The van der Waals surface area contributed by atoms with Crippen LogP contribution in [0.2, 0.25) is 0 Å². The van der Waals surface area contributed by atoms with Crippen molar-refractivity contribution in [1.82, 2.24) is 24.3 Å². The minimum Gasteiger partial charge on any atom is -0.383 e. The summed E-state index contributed by atoms with van der Waals surface area (Å²) in [7, 11) is 0. The van der Waals surface area contributed by atoms with Crippen molar-refractivity contribution in [1.29, 1.82) is 0 Å². The molecule has 4 aliphatic carbocycles. The number of imidazole rings is 1. The van der Waals surface area contributed by atoms with Crippen LogP contribution in [0.15, 0.2) is 18.5 Å². The third-order valence-corrected chi connectivity index (χ3v) is 8.76. The van der Waals surface area contributed by atoms with Gasteiger partial charge in [0.05, 0.1) is 16.8 Å². The Morgan fingerprint density at radius 2 is 1.91 bits per heavy atom. The molecule has 2 aromatic rings. The number of alkyl halides is 4. The van der Waals surface area contributed by atoms with E-state index in [9.17, 15) is 17.6 Å². The molecular formula is C25H32F4N6.